The molecule has 2 aliphatic rings. The van der Waals surface area contributed by atoms with E-state index in [1.165, 1.54) is 16.4 Å². The quantitative estimate of drug-likeness (QED) is 0.743. The SMILES string of the molecule is Cc1cccc(N2C[C@@H](C(=O)Nc3ccc(S(=O)(=O)N4CCOCC4)cc3)CC2=O)c1C. The fraction of sp³-hybridized carbons (Fsp3) is 0.391. The van der Waals surface area contributed by atoms with Gasteiger partial charge >= 0.3 is 0 Å². The normalized spacial score (nSPS) is 19.9. The topological polar surface area (TPSA) is 96.0 Å². The Balaban J connectivity index is 1.42. The first-order valence-corrected chi connectivity index (χ1v) is 12.1. The first-order valence-electron chi connectivity index (χ1n) is 10.6. The first-order chi connectivity index (χ1) is 15.3. The minimum absolute atomic E-state index is 0.0780. The number of ether oxygens (including phenoxy) is 1. The fourth-order valence-electron chi connectivity index (χ4n) is 4.03. The van der Waals surface area contributed by atoms with Crippen LogP contribution in [0.2, 0.25) is 0 Å². The molecule has 0 spiro atoms. The molecular formula is C23H27N3O5S. The largest absolute Gasteiger partial charge is 0.379 e. The van der Waals surface area contributed by atoms with Crippen molar-refractivity contribution in [1.29, 1.82) is 0 Å². The molecule has 0 radical (unpaired) electrons. The third kappa shape index (κ3) is 4.41. The number of aryl methyl sites for hydroxylation is 1. The van der Waals surface area contributed by atoms with Gasteiger partial charge in [0.05, 0.1) is 24.0 Å². The molecule has 0 unspecified atom stereocenters. The molecule has 1 atom stereocenters. The second kappa shape index (κ2) is 9.01. The van der Waals surface area contributed by atoms with E-state index >= 15 is 0 Å². The maximum absolute atomic E-state index is 12.8. The van der Waals surface area contributed by atoms with E-state index in [-0.39, 0.29) is 23.1 Å². The summed E-state index contributed by atoms with van der Waals surface area (Å²) in [6, 6.07) is 11.9. The minimum Gasteiger partial charge on any atom is -0.379 e. The van der Waals surface area contributed by atoms with E-state index in [9.17, 15) is 18.0 Å². The zero-order valence-electron chi connectivity index (χ0n) is 18.2. The molecule has 170 valence electrons. The van der Waals surface area contributed by atoms with E-state index in [4.69, 9.17) is 4.74 Å². The average molecular weight is 458 g/mol. The van der Waals surface area contributed by atoms with Crippen LogP contribution >= 0.6 is 0 Å². The number of nitrogens with one attached hydrogen (secondary N) is 1. The average Bonchev–Trinajstić information content (AvgIpc) is 3.18. The summed E-state index contributed by atoms with van der Waals surface area (Å²) in [5.41, 5.74) is 3.45. The molecule has 0 bridgehead atoms. The van der Waals surface area contributed by atoms with E-state index in [0.29, 0.717) is 38.5 Å². The van der Waals surface area contributed by atoms with Crippen LogP contribution in [-0.2, 0) is 24.3 Å². The summed E-state index contributed by atoms with van der Waals surface area (Å²) in [7, 11) is -3.59. The summed E-state index contributed by atoms with van der Waals surface area (Å²) < 4.78 is 32.1. The van der Waals surface area contributed by atoms with Gasteiger partial charge in [0.25, 0.3) is 0 Å². The first kappa shape index (κ1) is 22.4. The van der Waals surface area contributed by atoms with Crippen LogP contribution in [0.15, 0.2) is 47.4 Å². The summed E-state index contributed by atoms with van der Waals surface area (Å²) >= 11 is 0. The van der Waals surface area contributed by atoms with E-state index in [0.717, 1.165) is 16.8 Å². The molecule has 2 saturated heterocycles. The predicted molar refractivity (Wildman–Crippen MR) is 121 cm³/mol. The van der Waals surface area contributed by atoms with Crippen molar-refractivity contribution < 1.29 is 22.7 Å². The zero-order valence-corrected chi connectivity index (χ0v) is 19.0. The number of anilines is 2. The molecule has 2 aromatic carbocycles. The van der Waals surface area contributed by atoms with Crippen molar-refractivity contribution >= 4 is 33.2 Å². The Morgan fingerprint density at radius 3 is 2.44 bits per heavy atom. The Morgan fingerprint density at radius 2 is 1.75 bits per heavy atom. The van der Waals surface area contributed by atoms with E-state index < -0.39 is 15.9 Å². The molecular weight excluding hydrogens is 430 g/mol. The van der Waals surface area contributed by atoms with Gasteiger partial charge in [-0.1, -0.05) is 12.1 Å². The number of hydrogen-bond donors (Lipinski definition) is 1. The van der Waals surface area contributed by atoms with Crippen LogP contribution in [0.4, 0.5) is 11.4 Å². The van der Waals surface area contributed by atoms with Gasteiger partial charge in [-0.3, -0.25) is 9.59 Å². The third-order valence-electron chi connectivity index (χ3n) is 6.09. The number of morpholine rings is 1. The van der Waals surface area contributed by atoms with E-state index in [1.807, 2.05) is 32.0 Å². The Bertz CT molecular complexity index is 1120. The van der Waals surface area contributed by atoms with Crippen molar-refractivity contribution in [2.24, 2.45) is 5.92 Å². The van der Waals surface area contributed by atoms with Crippen LogP contribution in [-0.4, -0.2) is 57.4 Å². The molecule has 2 heterocycles. The lowest BCUT2D eigenvalue weighted by atomic mass is 10.1. The van der Waals surface area contributed by atoms with E-state index in [1.54, 1.807) is 17.0 Å². The molecule has 2 aromatic rings. The molecule has 9 heteroatoms. The van der Waals surface area contributed by atoms with Gasteiger partial charge in [-0.25, -0.2) is 8.42 Å². The maximum Gasteiger partial charge on any atom is 0.243 e. The van der Waals surface area contributed by atoms with Crippen LogP contribution in [0.25, 0.3) is 0 Å². The van der Waals surface area contributed by atoms with Crippen LogP contribution in [0.1, 0.15) is 17.5 Å². The zero-order chi connectivity index (χ0) is 22.9. The van der Waals surface area contributed by atoms with Crippen LogP contribution < -0.4 is 10.2 Å². The van der Waals surface area contributed by atoms with Crippen molar-refractivity contribution in [1.82, 2.24) is 4.31 Å². The minimum atomic E-state index is -3.59. The molecule has 1 N–H and O–H groups in total. The molecule has 32 heavy (non-hydrogen) atoms. The highest BCUT2D eigenvalue weighted by atomic mass is 32.2. The molecule has 0 saturated carbocycles. The molecule has 2 aliphatic heterocycles. The summed E-state index contributed by atoms with van der Waals surface area (Å²) in [6.07, 6.45) is 0.142. The number of hydrogen-bond acceptors (Lipinski definition) is 5. The lowest BCUT2D eigenvalue weighted by Crippen LogP contribution is -2.40. The summed E-state index contributed by atoms with van der Waals surface area (Å²) in [5, 5.41) is 2.81. The Morgan fingerprint density at radius 1 is 1.06 bits per heavy atom. The number of carbonyl (C=O) groups excluding carboxylic acids is 2. The number of carbonyl (C=O) groups is 2. The fourth-order valence-corrected chi connectivity index (χ4v) is 5.44. The molecule has 0 aliphatic carbocycles. The highest BCUT2D eigenvalue weighted by molar-refractivity contribution is 7.89. The molecule has 0 aromatic heterocycles. The van der Waals surface area contributed by atoms with Gasteiger partial charge in [0, 0.05) is 37.4 Å². The molecule has 4 rings (SSSR count). The number of amides is 2. The van der Waals surface area contributed by atoms with Crippen molar-refractivity contribution in [2.75, 3.05) is 43.1 Å². The molecule has 2 amide bonds. The third-order valence-corrected chi connectivity index (χ3v) is 8.01. The van der Waals surface area contributed by atoms with Crippen LogP contribution in [0, 0.1) is 19.8 Å². The van der Waals surface area contributed by atoms with Gasteiger partial charge in [-0.05, 0) is 55.3 Å². The Kier molecular flexibility index (Phi) is 6.32. The number of nitrogens with zero attached hydrogens (tertiary/aromatic N) is 2. The van der Waals surface area contributed by atoms with Crippen molar-refractivity contribution in [3.8, 4) is 0 Å². The molecule has 2 fully saturated rings. The lowest BCUT2D eigenvalue weighted by molar-refractivity contribution is -0.122. The highest BCUT2D eigenvalue weighted by Gasteiger charge is 2.36. The van der Waals surface area contributed by atoms with Gasteiger partial charge in [0.2, 0.25) is 21.8 Å². The van der Waals surface area contributed by atoms with Gasteiger partial charge in [-0.2, -0.15) is 4.31 Å². The summed E-state index contributed by atoms with van der Waals surface area (Å²) in [6.45, 7) is 5.70. The van der Waals surface area contributed by atoms with E-state index in [2.05, 4.69) is 5.32 Å². The number of sulfonamides is 1. The smallest absolute Gasteiger partial charge is 0.243 e. The van der Waals surface area contributed by atoms with Gasteiger partial charge in [0.1, 0.15) is 0 Å². The number of benzene rings is 2. The van der Waals surface area contributed by atoms with Gasteiger partial charge < -0.3 is 15.0 Å². The van der Waals surface area contributed by atoms with Crippen molar-refractivity contribution in [3.63, 3.8) is 0 Å². The van der Waals surface area contributed by atoms with Gasteiger partial charge in [-0.15, -0.1) is 0 Å². The monoisotopic (exact) mass is 457 g/mol. The Hall–Kier alpha value is -2.75. The van der Waals surface area contributed by atoms with Crippen LogP contribution in [0.3, 0.4) is 0 Å². The van der Waals surface area contributed by atoms with Crippen molar-refractivity contribution in [3.05, 3.63) is 53.6 Å². The standard InChI is InChI=1S/C23H27N3O5S/c1-16-4-3-5-21(17(16)2)26-15-18(14-22(26)27)23(28)24-19-6-8-20(9-7-19)32(29,30)25-10-12-31-13-11-25/h3-9,18H,10-15H2,1-2H3,(H,24,28)/t18-/m0/s1. The lowest BCUT2D eigenvalue weighted by Gasteiger charge is -2.26. The van der Waals surface area contributed by atoms with Crippen molar-refractivity contribution in [2.45, 2.75) is 25.2 Å². The summed E-state index contributed by atoms with van der Waals surface area (Å²) in [5.74, 6) is -0.806. The maximum atomic E-state index is 12.8. The second-order valence-electron chi connectivity index (χ2n) is 8.15. The molecule has 8 nitrogen and oxygen atoms in total. The second-order valence-corrected chi connectivity index (χ2v) is 10.1. The predicted octanol–water partition coefficient (Wildman–Crippen LogP) is 2.32. The van der Waals surface area contributed by atoms with Gasteiger partial charge in [0.15, 0.2) is 0 Å². The van der Waals surface area contributed by atoms with Crippen LogP contribution in [0.5, 0.6) is 0 Å². The highest BCUT2D eigenvalue weighted by Crippen LogP contribution is 2.30. The summed E-state index contributed by atoms with van der Waals surface area (Å²) in [4.78, 5) is 27.2. The Labute approximate surface area is 188 Å². The number of rotatable bonds is 5.